The molecule has 112 valence electrons. The minimum Gasteiger partial charge on any atom is -0.497 e. The van der Waals surface area contributed by atoms with E-state index in [0.717, 1.165) is 29.8 Å². The highest BCUT2D eigenvalue weighted by molar-refractivity contribution is 5.93. The van der Waals surface area contributed by atoms with Crippen molar-refractivity contribution in [2.75, 3.05) is 13.7 Å². The second kappa shape index (κ2) is 6.92. The van der Waals surface area contributed by atoms with Gasteiger partial charge in [-0.2, -0.15) is 5.10 Å². The van der Waals surface area contributed by atoms with Crippen LogP contribution in [0.3, 0.4) is 0 Å². The van der Waals surface area contributed by atoms with E-state index in [0.29, 0.717) is 12.2 Å². The standard InChI is InChI=1S/C16H21N3O2/c1-4-5-10-17-16(20)14-11-15(19(2)18-14)12-6-8-13(21-3)9-7-12/h6-9,11H,4-5,10H2,1-3H3,(H,17,20). The van der Waals surface area contributed by atoms with Crippen molar-refractivity contribution in [2.45, 2.75) is 19.8 Å². The van der Waals surface area contributed by atoms with Gasteiger partial charge in [-0.3, -0.25) is 9.48 Å². The first-order valence-corrected chi connectivity index (χ1v) is 7.12. The molecule has 2 rings (SSSR count). The maximum absolute atomic E-state index is 12.0. The lowest BCUT2D eigenvalue weighted by Gasteiger charge is -2.03. The predicted molar refractivity (Wildman–Crippen MR) is 82.4 cm³/mol. The smallest absolute Gasteiger partial charge is 0.271 e. The number of benzene rings is 1. The third kappa shape index (κ3) is 3.62. The topological polar surface area (TPSA) is 56.1 Å². The van der Waals surface area contributed by atoms with E-state index in [9.17, 15) is 4.79 Å². The largest absolute Gasteiger partial charge is 0.497 e. The number of amides is 1. The Kier molecular flexibility index (Phi) is 4.98. The Bertz CT molecular complexity index is 602. The lowest BCUT2D eigenvalue weighted by molar-refractivity contribution is 0.0947. The zero-order valence-electron chi connectivity index (χ0n) is 12.7. The van der Waals surface area contributed by atoms with Gasteiger partial charge in [-0.05, 0) is 36.8 Å². The number of hydrogen-bond acceptors (Lipinski definition) is 3. The second-order valence-electron chi connectivity index (χ2n) is 4.88. The fourth-order valence-corrected chi connectivity index (χ4v) is 2.08. The van der Waals surface area contributed by atoms with Crippen molar-refractivity contribution in [1.29, 1.82) is 0 Å². The molecule has 0 aliphatic rings. The molecule has 5 nitrogen and oxygen atoms in total. The molecule has 2 aromatic rings. The van der Waals surface area contributed by atoms with Crippen molar-refractivity contribution >= 4 is 5.91 Å². The molecule has 0 aliphatic heterocycles. The molecule has 0 unspecified atom stereocenters. The number of nitrogens with zero attached hydrogens (tertiary/aromatic N) is 2. The summed E-state index contributed by atoms with van der Waals surface area (Å²) in [6.07, 6.45) is 2.03. The summed E-state index contributed by atoms with van der Waals surface area (Å²) in [5.74, 6) is 0.678. The van der Waals surface area contributed by atoms with Crippen LogP contribution in [0.1, 0.15) is 30.3 Å². The number of hydrogen-bond donors (Lipinski definition) is 1. The van der Waals surface area contributed by atoms with Crippen molar-refractivity contribution in [3.8, 4) is 17.0 Å². The third-order valence-electron chi connectivity index (χ3n) is 3.31. The Morgan fingerprint density at radius 3 is 2.67 bits per heavy atom. The van der Waals surface area contributed by atoms with Crippen LogP contribution in [0.25, 0.3) is 11.3 Å². The number of rotatable bonds is 6. The fraction of sp³-hybridized carbons (Fsp3) is 0.375. The van der Waals surface area contributed by atoms with Gasteiger partial charge in [-0.15, -0.1) is 0 Å². The minimum absolute atomic E-state index is 0.126. The number of nitrogens with one attached hydrogen (secondary N) is 1. The van der Waals surface area contributed by atoms with Crippen molar-refractivity contribution < 1.29 is 9.53 Å². The van der Waals surface area contributed by atoms with E-state index in [4.69, 9.17) is 4.74 Å². The van der Waals surface area contributed by atoms with Crippen LogP contribution >= 0.6 is 0 Å². The predicted octanol–water partition coefficient (Wildman–Crippen LogP) is 2.63. The fourth-order valence-electron chi connectivity index (χ4n) is 2.08. The van der Waals surface area contributed by atoms with Gasteiger partial charge in [-0.1, -0.05) is 13.3 Å². The molecule has 1 aromatic heterocycles. The van der Waals surface area contributed by atoms with Crippen LogP contribution in [0.2, 0.25) is 0 Å². The molecule has 0 saturated heterocycles. The van der Waals surface area contributed by atoms with E-state index in [-0.39, 0.29) is 5.91 Å². The Morgan fingerprint density at radius 1 is 1.33 bits per heavy atom. The lowest BCUT2D eigenvalue weighted by Crippen LogP contribution is -2.24. The molecule has 0 spiro atoms. The monoisotopic (exact) mass is 287 g/mol. The average Bonchev–Trinajstić information content (AvgIpc) is 2.89. The summed E-state index contributed by atoms with van der Waals surface area (Å²) in [7, 11) is 3.47. The summed E-state index contributed by atoms with van der Waals surface area (Å²) in [5.41, 5.74) is 2.34. The quantitative estimate of drug-likeness (QED) is 0.831. The van der Waals surface area contributed by atoms with Gasteiger partial charge >= 0.3 is 0 Å². The van der Waals surface area contributed by atoms with Crippen molar-refractivity contribution in [3.63, 3.8) is 0 Å². The molecule has 5 heteroatoms. The zero-order chi connectivity index (χ0) is 15.2. The summed E-state index contributed by atoms with van der Waals surface area (Å²) in [4.78, 5) is 12.0. The summed E-state index contributed by atoms with van der Waals surface area (Å²) >= 11 is 0. The van der Waals surface area contributed by atoms with Gasteiger partial charge in [0.2, 0.25) is 0 Å². The SMILES string of the molecule is CCCCNC(=O)c1cc(-c2ccc(OC)cc2)n(C)n1. The van der Waals surface area contributed by atoms with Crippen LogP contribution in [0.4, 0.5) is 0 Å². The first kappa shape index (κ1) is 15.1. The van der Waals surface area contributed by atoms with Crippen LogP contribution in [0.15, 0.2) is 30.3 Å². The van der Waals surface area contributed by atoms with Crippen LogP contribution in [0, 0.1) is 0 Å². The maximum Gasteiger partial charge on any atom is 0.271 e. The second-order valence-corrected chi connectivity index (χ2v) is 4.88. The molecule has 1 aromatic carbocycles. The molecule has 1 amide bonds. The summed E-state index contributed by atoms with van der Waals surface area (Å²) < 4.78 is 6.87. The molecule has 0 radical (unpaired) electrons. The van der Waals surface area contributed by atoms with Crippen molar-refractivity contribution in [2.24, 2.45) is 7.05 Å². The van der Waals surface area contributed by atoms with E-state index in [1.807, 2.05) is 37.4 Å². The zero-order valence-corrected chi connectivity index (χ0v) is 12.7. The number of aromatic nitrogens is 2. The summed E-state index contributed by atoms with van der Waals surface area (Å²) in [5, 5.41) is 7.16. The van der Waals surface area contributed by atoms with E-state index < -0.39 is 0 Å². The highest BCUT2D eigenvalue weighted by Crippen LogP contribution is 2.22. The molecule has 21 heavy (non-hydrogen) atoms. The molecule has 0 aliphatic carbocycles. The Morgan fingerprint density at radius 2 is 2.05 bits per heavy atom. The summed E-state index contributed by atoms with van der Waals surface area (Å²) in [6.45, 7) is 2.78. The number of carbonyl (C=O) groups is 1. The number of ether oxygens (including phenoxy) is 1. The molecule has 1 heterocycles. The average molecular weight is 287 g/mol. The van der Waals surface area contributed by atoms with Gasteiger partial charge in [0.15, 0.2) is 5.69 Å². The third-order valence-corrected chi connectivity index (χ3v) is 3.31. The minimum atomic E-state index is -0.126. The first-order valence-electron chi connectivity index (χ1n) is 7.12. The Labute approximate surface area is 124 Å². The number of unbranched alkanes of at least 4 members (excludes halogenated alkanes) is 1. The van der Waals surface area contributed by atoms with E-state index in [1.54, 1.807) is 11.8 Å². The van der Waals surface area contributed by atoms with Crippen LogP contribution < -0.4 is 10.1 Å². The summed E-state index contributed by atoms with van der Waals surface area (Å²) in [6, 6.07) is 9.50. The van der Waals surface area contributed by atoms with Gasteiger partial charge in [0.25, 0.3) is 5.91 Å². The molecule has 0 bridgehead atoms. The molecular formula is C16H21N3O2. The van der Waals surface area contributed by atoms with Crippen LogP contribution in [-0.4, -0.2) is 29.3 Å². The number of methoxy groups -OCH3 is 1. The number of carbonyl (C=O) groups excluding carboxylic acids is 1. The normalized spacial score (nSPS) is 10.4. The molecule has 1 N–H and O–H groups in total. The highest BCUT2D eigenvalue weighted by atomic mass is 16.5. The lowest BCUT2D eigenvalue weighted by atomic mass is 10.1. The molecular weight excluding hydrogens is 266 g/mol. The molecule has 0 atom stereocenters. The van der Waals surface area contributed by atoms with Crippen LogP contribution in [-0.2, 0) is 7.05 Å². The van der Waals surface area contributed by atoms with Crippen molar-refractivity contribution in [3.05, 3.63) is 36.0 Å². The van der Waals surface area contributed by atoms with Gasteiger partial charge in [0, 0.05) is 19.2 Å². The molecule has 0 fully saturated rings. The number of aryl methyl sites for hydroxylation is 1. The highest BCUT2D eigenvalue weighted by Gasteiger charge is 2.13. The first-order chi connectivity index (χ1) is 10.2. The van der Waals surface area contributed by atoms with Gasteiger partial charge < -0.3 is 10.1 Å². The maximum atomic E-state index is 12.0. The van der Waals surface area contributed by atoms with Crippen molar-refractivity contribution in [1.82, 2.24) is 15.1 Å². The van der Waals surface area contributed by atoms with Gasteiger partial charge in [-0.25, -0.2) is 0 Å². The Hall–Kier alpha value is -2.30. The van der Waals surface area contributed by atoms with E-state index >= 15 is 0 Å². The van der Waals surface area contributed by atoms with E-state index in [1.165, 1.54) is 0 Å². The van der Waals surface area contributed by atoms with Gasteiger partial charge in [0.1, 0.15) is 5.75 Å². The van der Waals surface area contributed by atoms with Gasteiger partial charge in [0.05, 0.1) is 12.8 Å². The Balaban J connectivity index is 2.16. The molecule has 0 saturated carbocycles. The van der Waals surface area contributed by atoms with Crippen LogP contribution in [0.5, 0.6) is 5.75 Å². The van der Waals surface area contributed by atoms with E-state index in [2.05, 4.69) is 17.3 Å².